The first-order chi connectivity index (χ1) is 14.0. The molecule has 3 aromatic carbocycles. The SMILES string of the molecule is COc1ccc(NCc2cc(OC)c(OCc3ccc(C)cc3)cc2Cl)cc1Cl. The Kier molecular flexibility index (Phi) is 7.13. The third-order valence-electron chi connectivity index (χ3n) is 4.48. The zero-order valence-electron chi connectivity index (χ0n) is 16.6. The number of anilines is 1. The van der Waals surface area contributed by atoms with Gasteiger partial charge in [-0.25, -0.2) is 0 Å². The van der Waals surface area contributed by atoms with Crippen molar-refractivity contribution in [2.75, 3.05) is 19.5 Å². The van der Waals surface area contributed by atoms with Gasteiger partial charge in [0, 0.05) is 23.3 Å². The van der Waals surface area contributed by atoms with Crippen LogP contribution in [0.4, 0.5) is 5.69 Å². The summed E-state index contributed by atoms with van der Waals surface area (Å²) in [5.41, 5.74) is 4.05. The minimum absolute atomic E-state index is 0.439. The molecule has 0 atom stereocenters. The number of rotatable bonds is 8. The minimum atomic E-state index is 0.439. The van der Waals surface area contributed by atoms with Crippen LogP contribution in [0, 0.1) is 6.92 Å². The van der Waals surface area contributed by atoms with Crippen molar-refractivity contribution in [3.05, 3.63) is 81.3 Å². The zero-order chi connectivity index (χ0) is 20.8. The summed E-state index contributed by atoms with van der Waals surface area (Å²) in [6.45, 7) is 3.01. The maximum Gasteiger partial charge on any atom is 0.163 e. The van der Waals surface area contributed by atoms with E-state index in [2.05, 4.69) is 24.4 Å². The molecule has 6 heteroatoms. The number of nitrogens with one attached hydrogen (secondary N) is 1. The lowest BCUT2D eigenvalue weighted by Gasteiger charge is -2.15. The molecule has 0 spiro atoms. The van der Waals surface area contributed by atoms with Gasteiger partial charge in [-0.3, -0.25) is 0 Å². The second kappa shape index (κ2) is 9.77. The molecule has 3 rings (SSSR count). The Bertz CT molecular complexity index is 975. The van der Waals surface area contributed by atoms with E-state index >= 15 is 0 Å². The second-order valence-corrected chi connectivity index (χ2v) is 7.39. The highest BCUT2D eigenvalue weighted by Crippen LogP contribution is 2.35. The van der Waals surface area contributed by atoms with Gasteiger partial charge in [-0.15, -0.1) is 0 Å². The normalized spacial score (nSPS) is 10.5. The lowest BCUT2D eigenvalue weighted by molar-refractivity contribution is 0.284. The number of hydrogen-bond acceptors (Lipinski definition) is 4. The molecule has 0 aliphatic heterocycles. The average Bonchev–Trinajstić information content (AvgIpc) is 2.72. The van der Waals surface area contributed by atoms with Gasteiger partial charge in [-0.1, -0.05) is 53.0 Å². The highest BCUT2D eigenvalue weighted by atomic mass is 35.5. The lowest BCUT2D eigenvalue weighted by atomic mass is 10.1. The van der Waals surface area contributed by atoms with E-state index in [9.17, 15) is 0 Å². The van der Waals surface area contributed by atoms with Gasteiger partial charge in [0.1, 0.15) is 12.4 Å². The number of aryl methyl sites for hydroxylation is 1. The molecule has 0 saturated heterocycles. The van der Waals surface area contributed by atoms with E-state index in [4.69, 9.17) is 37.4 Å². The van der Waals surface area contributed by atoms with Crippen molar-refractivity contribution >= 4 is 28.9 Å². The Morgan fingerprint density at radius 3 is 2.17 bits per heavy atom. The van der Waals surface area contributed by atoms with Crippen molar-refractivity contribution in [3.63, 3.8) is 0 Å². The summed E-state index contributed by atoms with van der Waals surface area (Å²) in [5.74, 6) is 1.87. The van der Waals surface area contributed by atoms with Gasteiger partial charge in [0.15, 0.2) is 11.5 Å². The number of hydrogen-bond donors (Lipinski definition) is 1. The first kappa shape index (κ1) is 21.2. The van der Waals surface area contributed by atoms with Crippen LogP contribution >= 0.6 is 23.2 Å². The molecular weight excluding hydrogens is 409 g/mol. The molecule has 0 aliphatic rings. The van der Waals surface area contributed by atoms with Crippen molar-refractivity contribution in [1.29, 1.82) is 0 Å². The summed E-state index contributed by atoms with van der Waals surface area (Å²) in [5, 5.41) is 4.44. The standard InChI is InChI=1S/C23H23Cl2NO3/c1-15-4-6-16(7-5-15)14-29-23-12-19(24)17(10-22(23)28-3)13-26-18-8-9-21(27-2)20(25)11-18/h4-12,26H,13-14H2,1-3H3. The maximum absolute atomic E-state index is 6.48. The lowest BCUT2D eigenvalue weighted by Crippen LogP contribution is -2.03. The Morgan fingerprint density at radius 2 is 1.52 bits per heavy atom. The second-order valence-electron chi connectivity index (χ2n) is 6.57. The average molecular weight is 432 g/mol. The molecule has 1 N–H and O–H groups in total. The molecular formula is C23H23Cl2NO3. The molecule has 0 unspecified atom stereocenters. The first-order valence-electron chi connectivity index (χ1n) is 9.12. The molecule has 0 aliphatic carbocycles. The van der Waals surface area contributed by atoms with Crippen LogP contribution in [0.1, 0.15) is 16.7 Å². The van der Waals surface area contributed by atoms with Crippen molar-refractivity contribution in [1.82, 2.24) is 0 Å². The quantitative estimate of drug-likeness (QED) is 0.441. The van der Waals surface area contributed by atoms with E-state index in [1.165, 1.54) is 5.56 Å². The molecule has 0 amide bonds. The predicted molar refractivity (Wildman–Crippen MR) is 119 cm³/mol. The summed E-state index contributed by atoms with van der Waals surface area (Å²) < 4.78 is 16.6. The zero-order valence-corrected chi connectivity index (χ0v) is 18.1. The fraction of sp³-hybridized carbons (Fsp3) is 0.217. The van der Waals surface area contributed by atoms with E-state index in [1.807, 2.05) is 36.4 Å². The smallest absolute Gasteiger partial charge is 0.163 e. The molecule has 3 aromatic rings. The Morgan fingerprint density at radius 1 is 0.793 bits per heavy atom. The van der Waals surface area contributed by atoms with Crippen LogP contribution < -0.4 is 19.5 Å². The number of halogens is 2. The van der Waals surface area contributed by atoms with Crippen LogP contribution in [-0.4, -0.2) is 14.2 Å². The molecule has 0 aromatic heterocycles. The van der Waals surface area contributed by atoms with E-state index in [1.54, 1.807) is 20.3 Å². The van der Waals surface area contributed by atoms with E-state index in [0.29, 0.717) is 40.4 Å². The molecule has 0 fully saturated rings. The van der Waals surface area contributed by atoms with Gasteiger partial charge in [0.2, 0.25) is 0 Å². The van der Waals surface area contributed by atoms with Crippen molar-refractivity contribution in [2.45, 2.75) is 20.1 Å². The van der Waals surface area contributed by atoms with Gasteiger partial charge in [-0.05, 0) is 42.3 Å². The van der Waals surface area contributed by atoms with Crippen LogP contribution in [-0.2, 0) is 13.2 Å². The van der Waals surface area contributed by atoms with Crippen LogP contribution in [0.2, 0.25) is 10.0 Å². The Balaban J connectivity index is 1.70. The van der Waals surface area contributed by atoms with Gasteiger partial charge in [0.25, 0.3) is 0 Å². The third kappa shape index (κ3) is 5.49. The number of ether oxygens (including phenoxy) is 3. The van der Waals surface area contributed by atoms with Crippen LogP contribution in [0.15, 0.2) is 54.6 Å². The summed E-state index contributed by atoms with van der Waals surface area (Å²) in [6, 6.07) is 17.4. The highest BCUT2D eigenvalue weighted by molar-refractivity contribution is 6.32. The van der Waals surface area contributed by atoms with Crippen LogP contribution in [0.5, 0.6) is 17.2 Å². The Labute approximate surface area is 181 Å². The molecule has 0 saturated carbocycles. The van der Waals surface area contributed by atoms with Crippen molar-refractivity contribution < 1.29 is 14.2 Å². The predicted octanol–water partition coefficient (Wildman–Crippen LogP) is 6.51. The Hall–Kier alpha value is -2.56. The van der Waals surface area contributed by atoms with Crippen LogP contribution in [0.25, 0.3) is 0 Å². The van der Waals surface area contributed by atoms with Gasteiger partial charge < -0.3 is 19.5 Å². The summed E-state index contributed by atoms with van der Waals surface area (Å²) in [7, 11) is 3.20. The molecule has 0 heterocycles. The topological polar surface area (TPSA) is 39.7 Å². The third-order valence-corrected chi connectivity index (χ3v) is 5.13. The largest absolute Gasteiger partial charge is 0.495 e. The molecule has 0 bridgehead atoms. The van der Waals surface area contributed by atoms with Gasteiger partial charge in [-0.2, -0.15) is 0 Å². The molecule has 0 radical (unpaired) electrons. The number of benzene rings is 3. The van der Waals surface area contributed by atoms with E-state index in [-0.39, 0.29) is 0 Å². The molecule has 152 valence electrons. The van der Waals surface area contributed by atoms with E-state index < -0.39 is 0 Å². The fourth-order valence-corrected chi connectivity index (χ4v) is 3.28. The summed E-state index contributed by atoms with van der Waals surface area (Å²) in [4.78, 5) is 0. The first-order valence-corrected chi connectivity index (χ1v) is 9.88. The summed E-state index contributed by atoms with van der Waals surface area (Å²) in [6.07, 6.45) is 0. The van der Waals surface area contributed by atoms with Gasteiger partial charge in [0.05, 0.1) is 19.2 Å². The molecule has 29 heavy (non-hydrogen) atoms. The summed E-state index contributed by atoms with van der Waals surface area (Å²) >= 11 is 12.7. The molecule has 4 nitrogen and oxygen atoms in total. The van der Waals surface area contributed by atoms with Crippen LogP contribution in [0.3, 0.4) is 0 Å². The minimum Gasteiger partial charge on any atom is -0.495 e. The van der Waals surface area contributed by atoms with Crippen molar-refractivity contribution in [3.8, 4) is 17.2 Å². The highest BCUT2D eigenvalue weighted by Gasteiger charge is 2.11. The number of methoxy groups -OCH3 is 2. The monoisotopic (exact) mass is 431 g/mol. The maximum atomic E-state index is 6.48. The van der Waals surface area contributed by atoms with E-state index in [0.717, 1.165) is 16.8 Å². The van der Waals surface area contributed by atoms with Crippen molar-refractivity contribution in [2.24, 2.45) is 0 Å². The van der Waals surface area contributed by atoms with Gasteiger partial charge >= 0.3 is 0 Å². The fourth-order valence-electron chi connectivity index (χ4n) is 2.80.